The zero-order valence-corrected chi connectivity index (χ0v) is 14.6. The Hall–Kier alpha value is -1.64. The van der Waals surface area contributed by atoms with Crippen LogP contribution in [0.15, 0.2) is 29.2 Å². The molecule has 0 spiro atoms. The first-order valence-corrected chi connectivity index (χ1v) is 9.57. The molecular weight excluding hydrogens is 354 g/mol. The maximum atomic E-state index is 12.1. The predicted molar refractivity (Wildman–Crippen MR) is 90.0 cm³/mol. The average Bonchev–Trinajstić information content (AvgIpc) is 2.72. The van der Waals surface area contributed by atoms with Crippen LogP contribution in [0.3, 0.4) is 0 Å². The van der Waals surface area contributed by atoms with E-state index in [1.54, 1.807) is 12.1 Å². The van der Waals surface area contributed by atoms with E-state index in [4.69, 9.17) is 11.6 Å². The number of halogens is 1. The molecule has 1 aliphatic rings. The summed E-state index contributed by atoms with van der Waals surface area (Å²) in [4.78, 5) is 23.6. The fourth-order valence-electron chi connectivity index (χ4n) is 2.38. The number of benzene rings is 1. The molecule has 2 rings (SSSR count). The summed E-state index contributed by atoms with van der Waals surface area (Å²) < 4.78 is 26.6. The minimum atomic E-state index is -3.78. The Morgan fingerprint density at radius 3 is 2.79 bits per heavy atom. The third-order valence-corrected chi connectivity index (χ3v) is 5.60. The van der Waals surface area contributed by atoms with E-state index in [1.165, 1.54) is 12.1 Å². The minimum Gasteiger partial charge on any atom is -0.354 e. The van der Waals surface area contributed by atoms with Gasteiger partial charge in [0.1, 0.15) is 10.9 Å². The molecule has 1 aromatic rings. The van der Waals surface area contributed by atoms with E-state index in [0.717, 1.165) is 12.8 Å². The largest absolute Gasteiger partial charge is 0.354 e. The van der Waals surface area contributed by atoms with Gasteiger partial charge in [0, 0.05) is 19.5 Å². The summed E-state index contributed by atoms with van der Waals surface area (Å²) in [5.74, 6) is -0.573. The molecule has 0 saturated carbocycles. The number of hydrogen-bond acceptors (Lipinski definition) is 4. The third-order valence-electron chi connectivity index (χ3n) is 3.64. The summed E-state index contributed by atoms with van der Waals surface area (Å²) in [5.41, 5.74) is 0. The van der Waals surface area contributed by atoms with E-state index < -0.39 is 16.1 Å². The summed E-state index contributed by atoms with van der Waals surface area (Å²) in [7, 11) is -3.78. The van der Waals surface area contributed by atoms with Crippen molar-refractivity contribution in [3.63, 3.8) is 0 Å². The van der Waals surface area contributed by atoms with Crippen molar-refractivity contribution in [2.45, 2.75) is 36.6 Å². The molecule has 24 heavy (non-hydrogen) atoms. The normalized spacial score (nSPS) is 18.5. The molecule has 1 fully saturated rings. The number of carbonyl (C=O) groups excluding carboxylic acids is 2. The highest BCUT2D eigenvalue weighted by molar-refractivity contribution is 7.89. The molecule has 1 unspecified atom stereocenters. The van der Waals surface area contributed by atoms with E-state index in [2.05, 4.69) is 15.4 Å². The molecule has 0 aliphatic carbocycles. The lowest BCUT2D eigenvalue weighted by atomic mass is 10.1. The molecule has 1 saturated heterocycles. The lowest BCUT2D eigenvalue weighted by Crippen LogP contribution is -2.46. The topological polar surface area (TPSA) is 104 Å². The molecule has 0 bridgehead atoms. The summed E-state index contributed by atoms with van der Waals surface area (Å²) in [6.45, 7) is 0.538. The Balaban J connectivity index is 1.84. The van der Waals surface area contributed by atoms with E-state index in [0.29, 0.717) is 13.0 Å². The van der Waals surface area contributed by atoms with Gasteiger partial charge in [-0.1, -0.05) is 23.7 Å². The van der Waals surface area contributed by atoms with Crippen LogP contribution in [-0.4, -0.2) is 39.4 Å². The first-order valence-electron chi connectivity index (χ1n) is 7.71. The van der Waals surface area contributed by atoms with E-state index in [1.807, 2.05) is 0 Å². The summed E-state index contributed by atoms with van der Waals surface area (Å²) in [5, 5.41) is 5.48. The van der Waals surface area contributed by atoms with Crippen molar-refractivity contribution in [3.05, 3.63) is 29.3 Å². The highest BCUT2D eigenvalue weighted by Crippen LogP contribution is 2.19. The van der Waals surface area contributed by atoms with Crippen LogP contribution >= 0.6 is 11.6 Å². The first kappa shape index (κ1) is 18.7. The number of nitrogens with one attached hydrogen (secondary N) is 3. The Bertz CT molecular complexity index is 708. The fourth-order valence-corrected chi connectivity index (χ4v) is 3.93. The minimum absolute atomic E-state index is 0.0322. The SMILES string of the molecule is O=C(CCNS(=O)(=O)c1ccccc1Cl)NC1CCCCNC1=O. The quantitative estimate of drug-likeness (QED) is 0.685. The third kappa shape index (κ3) is 5.19. The molecule has 1 atom stereocenters. The Labute approximate surface area is 146 Å². The Morgan fingerprint density at radius 1 is 1.29 bits per heavy atom. The lowest BCUT2D eigenvalue weighted by Gasteiger charge is -2.15. The second-order valence-electron chi connectivity index (χ2n) is 5.49. The molecule has 2 amide bonds. The second-order valence-corrected chi connectivity index (χ2v) is 7.63. The van der Waals surface area contributed by atoms with Crippen molar-refractivity contribution in [3.8, 4) is 0 Å². The van der Waals surface area contributed by atoms with Gasteiger partial charge in [-0.05, 0) is 31.4 Å². The summed E-state index contributed by atoms with van der Waals surface area (Å²) >= 11 is 5.87. The highest BCUT2D eigenvalue weighted by atomic mass is 35.5. The van der Waals surface area contributed by atoms with Crippen molar-refractivity contribution >= 4 is 33.4 Å². The van der Waals surface area contributed by atoms with Gasteiger partial charge in [0.15, 0.2) is 0 Å². The lowest BCUT2D eigenvalue weighted by molar-refractivity contribution is -0.128. The standard InChI is InChI=1S/C15H20ClN3O4S/c16-11-5-1-2-7-13(11)24(22,23)18-10-8-14(20)19-12-6-3-4-9-17-15(12)21/h1-2,5,7,12,18H,3-4,6,8-10H2,(H,17,21)(H,19,20). The van der Waals surface area contributed by atoms with Gasteiger partial charge in [-0.25, -0.2) is 13.1 Å². The second kappa shape index (κ2) is 8.46. The van der Waals surface area contributed by atoms with Crippen molar-refractivity contribution in [1.82, 2.24) is 15.4 Å². The van der Waals surface area contributed by atoms with Gasteiger partial charge < -0.3 is 10.6 Å². The van der Waals surface area contributed by atoms with Crippen LogP contribution in [0.2, 0.25) is 5.02 Å². The van der Waals surface area contributed by atoms with Gasteiger partial charge in [-0.2, -0.15) is 0 Å². The van der Waals surface area contributed by atoms with E-state index in [9.17, 15) is 18.0 Å². The number of carbonyl (C=O) groups is 2. The molecule has 1 aromatic carbocycles. The van der Waals surface area contributed by atoms with Gasteiger partial charge in [0.2, 0.25) is 21.8 Å². The number of hydrogen-bond donors (Lipinski definition) is 3. The summed E-state index contributed by atoms with van der Waals surface area (Å²) in [6.07, 6.45) is 2.26. The molecule has 3 N–H and O–H groups in total. The van der Waals surface area contributed by atoms with Crippen molar-refractivity contribution in [2.75, 3.05) is 13.1 Å². The number of amides is 2. The van der Waals surface area contributed by atoms with Crippen LogP contribution in [0.25, 0.3) is 0 Å². The molecular formula is C15H20ClN3O4S. The van der Waals surface area contributed by atoms with Gasteiger partial charge >= 0.3 is 0 Å². The fraction of sp³-hybridized carbons (Fsp3) is 0.467. The van der Waals surface area contributed by atoms with Gasteiger partial charge in [-0.15, -0.1) is 0 Å². The van der Waals surface area contributed by atoms with E-state index in [-0.39, 0.29) is 34.7 Å². The number of sulfonamides is 1. The Morgan fingerprint density at radius 2 is 2.04 bits per heavy atom. The van der Waals surface area contributed by atoms with Crippen molar-refractivity contribution in [2.24, 2.45) is 0 Å². The van der Waals surface area contributed by atoms with Crippen LogP contribution in [0.5, 0.6) is 0 Å². The predicted octanol–water partition coefficient (Wildman–Crippen LogP) is 0.793. The molecule has 9 heteroatoms. The van der Waals surface area contributed by atoms with Crippen LogP contribution in [-0.2, 0) is 19.6 Å². The van der Waals surface area contributed by atoms with Gasteiger partial charge in [0.05, 0.1) is 5.02 Å². The highest BCUT2D eigenvalue weighted by Gasteiger charge is 2.22. The van der Waals surface area contributed by atoms with Gasteiger partial charge in [-0.3, -0.25) is 9.59 Å². The van der Waals surface area contributed by atoms with Crippen LogP contribution < -0.4 is 15.4 Å². The monoisotopic (exact) mass is 373 g/mol. The maximum Gasteiger partial charge on any atom is 0.242 e. The first-order chi connectivity index (χ1) is 11.4. The average molecular weight is 374 g/mol. The smallest absolute Gasteiger partial charge is 0.242 e. The maximum absolute atomic E-state index is 12.1. The van der Waals surface area contributed by atoms with Crippen molar-refractivity contribution < 1.29 is 18.0 Å². The van der Waals surface area contributed by atoms with Crippen LogP contribution in [0, 0.1) is 0 Å². The molecule has 1 heterocycles. The summed E-state index contributed by atoms with van der Waals surface area (Å²) in [6, 6.07) is 5.51. The van der Waals surface area contributed by atoms with Crippen LogP contribution in [0.1, 0.15) is 25.7 Å². The zero-order chi connectivity index (χ0) is 17.6. The number of rotatable bonds is 6. The van der Waals surface area contributed by atoms with Crippen LogP contribution in [0.4, 0.5) is 0 Å². The molecule has 0 aromatic heterocycles. The van der Waals surface area contributed by atoms with E-state index >= 15 is 0 Å². The zero-order valence-electron chi connectivity index (χ0n) is 13.0. The molecule has 7 nitrogen and oxygen atoms in total. The molecule has 132 valence electrons. The van der Waals surface area contributed by atoms with Gasteiger partial charge in [0.25, 0.3) is 0 Å². The molecule has 1 aliphatic heterocycles. The van der Waals surface area contributed by atoms with Crippen molar-refractivity contribution in [1.29, 1.82) is 0 Å². The molecule has 0 radical (unpaired) electrons. The Kier molecular flexibility index (Phi) is 6.59.